The maximum Gasteiger partial charge on any atom is 0.295 e. The van der Waals surface area contributed by atoms with E-state index in [2.05, 4.69) is 10.3 Å². The van der Waals surface area contributed by atoms with Gasteiger partial charge in [-0.15, -0.1) is 0 Å². The highest BCUT2D eigenvalue weighted by Gasteiger charge is 2.17. The van der Waals surface area contributed by atoms with Crippen molar-refractivity contribution in [2.75, 3.05) is 11.9 Å². The maximum atomic E-state index is 12.9. The summed E-state index contributed by atoms with van der Waals surface area (Å²) < 4.78 is 12.9. The van der Waals surface area contributed by atoms with Gasteiger partial charge in [-0.2, -0.15) is 0 Å². The molecule has 0 saturated heterocycles. The first-order chi connectivity index (χ1) is 9.61. The molecule has 0 radical (unpaired) electrons. The quantitative estimate of drug-likeness (QED) is 0.668. The Hall–Kier alpha value is -2.50. The van der Waals surface area contributed by atoms with Crippen LogP contribution in [0.3, 0.4) is 0 Å². The minimum Gasteiger partial charge on any atom is -0.370 e. The first-order valence-corrected chi connectivity index (χ1v) is 6.27. The van der Waals surface area contributed by atoms with Gasteiger partial charge in [-0.25, -0.2) is 9.37 Å². The smallest absolute Gasteiger partial charge is 0.295 e. The van der Waals surface area contributed by atoms with Crippen LogP contribution in [0.2, 0.25) is 0 Å². The molecule has 1 N–H and O–H groups in total. The maximum absolute atomic E-state index is 12.9. The van der Waals surface area contributed by atoms with Gasteiger partial charge < -0.3 is 5.32 Å². The average Bonchev–Trinajstić information content (AvgIpc) is 2.45. The Morgan fingerprint density at radius 3 is 2.55 bits per heavy atom. The van der Waals surface area contributed by atoms with E-state index in [-0.39, 0.29) is 11.4 Å². The van der Waals surface area contributed by atoms with Gasteiger partial charge in [-0.3, -0.25) is 10.1 Å². The molecule has 5 nitrogen and oxygen atoms in total. The van der Waals surface area contributed by atoms with E-state index in [0.29, 0.717) is 11.4 Å². The van der Waals surface area contributed by atoms with Crippen molar-refractivity contribution in [3.05, 3.63) is 52.3 Å². The fraction of sp³-hybridized carbons (Fsp3) is 0.214. The molecule has 1 heterocycles. The molecule has 0 amide bonds. The van der Waals surface area contributed by atoms with E-state index in [0.717, 1.165) is 13.0 Å². The number of aromatic nitrogens is 1. The third kappa shape index (κ3) is 3.09. The predicted molar refractivity (Wildman–Crippen MR) is 75.1 cm³/mol. The van der Waals surface area contributed by atoms with Crippen molar-refractivity contribution in [2.24, 2.45) is 0 Å². The van der Waals surface area contributed by atoms with Gasteiger partial charge in [-0.05, 0) is 36.8 Å². The molecule has 0 spiro atoms. The molecule has 0 saturated carbocycles. The molecule has 0 atom stereocenters. The second-order valence-electron chi connectivity index (χ2n) is 4.26. The molecule has 20 heavy (non-hydrogen) atoms. The van der Waals surface area contributed by atoms with Crippen molar-refractivity contribution in [2.45, 2.75) is 13.3 Å². The first-order valence-electron chi connectivity index (χ1n) is 6.27. The van der Waals surface area contributed by atoms with Gasteiger partial charge in [-0.1, -0.05) is 6.92 Å². The molecule has 1 aromatic heterocycles. The van der Waals surface area contributed by atoms with Crippen LogP contribution >= 0.6 is 0 Å². The lowest BCUT2D eigenvalue weighted by Crippen LogP contribution is -2.04. The number of rotatable bonds is 5. The molecule has 0 aliphatic rings. The number of nitrogens with zero attached hydrogens (tertiary/aromatic N) is 2. The van der Waals surface area contributed by atoms with Gasteiger partial charge in [0.15, 0.2) is 5.69 Å². The summed E-state index contributed by atoms with van der Waals surface area (Å²) in [6, 6.07) is 8.45. The van der Waals surface area contributed by atoms with Crippen molar-refractivity contribution < 1.29 is 9.31 Å². The van der Waals surface area contributed by atoms with Crippen molar-refractivity contribution in [3.63, 3.8) is 0 Å². The summed E-state index contributed by atoms with van der Waals surface area (Å²) in [6.45, 7) is 2.74. The standard InChI is InChI=1S/C14H14FN3O2/c1-2-9-16-13-8-7-12(18(19)20)14(17-13)10-3-5-11(15)6-4-10/h3-8H,2,9H2,1H3,(H,16,17). The summed E-state index contributed by atoms with van der Waals surface area (Å²) >= 11 is 0. The molecular weight excluding hydrogens is 261 g/mol. The SMILES string of the molecule is CCCNc1ccc([N+](=O)[O-])c(-c2ccc(F)cc2)n1. The van der Waals surface area contributed by atoms with Crippen LogP contribution < -0.4 is 5.32 Å². The van der Waals surface area contributed by atoms with Gasteiger partial charge >= 0.3 is 0 Å². The van der Waals surface area contributed by atoms with Crippen LogP contribution in [-0.2, 0) is 0 Å². The molecule has 0 unspecified atom stereocenters. The van der Waals surface area contributed by atoms with Gasteiger partial charge in [0.1, 0.15) is 11.6 Å². The number of pyridine rings is 1. The normalized spacial score (nSPS) is 10.3. The molecule has 2 aromatic rings. The highest BCUT2D eigenvalue weighted by molar-refractivity contribution is 5.71. The average molecular weight is 275 g/mol. The van der Waals surface area contributed by atoms with Crippen molar-refractivity contribution in [3.8, 4) is 11.3 Å². The number of nitro groups is 1. The number of hydrogen-bond acceptors (Lipinski definition) is 4. The molecule has 0 aliphatic heterocycles. The summed E-state index contributed by atoms with van der Waals surface area (Å²) in [4.78, 5) is 14.8. The van der Waals surface area contributed by atoms with E-state index in [9.17, 15) is 14.5 Å². The first kappa shape index (κ1) is 13.9. The lowest BCUT2D eigenvalue weighted by molar-refractivity contribution is -0.384. The Bertz CT molecular complexity index is 614. The van der Waals surface area contributed by atoms with E-state index < -0.39 is 10.7 Å². The second kappa shape index (κ2) is 6.10. The fourth-order valence-electron chi connectivity index (χ4n) is 1.77. The minimum atomic E-state index is -0.491. The third-order valence-corrected chi connectivity index (χ3v) is 2.74. The highest BCUT2D eigenvalue weighted by atomic mass is 19.1. The third-order valence-electron chi connectivity index (χ3n) is 2.74. The molecule has 2 rings (SSSR count). The van der Waals surface area contributed by atoms with Crippen molar-refractivity contribution in [1.29, 1.82) is 0 Å². The predicted octanol–water partition coefficient (Wildman–Crippen LogP) is 3.62. The fourth-order valence-corrected chi connectivity index (χ4v) is 1.77. The molecule has 6 heteroatoms. The number of halogens is 1. The Labute approximate surface area is 115 Å². The molecular formula is C14H14FN3O2. The van der Waals surface area contributed by atoms with Crippen LogP contribution in [0.4, 0.5) is 15.9 Å². The molecule has 0 fully saturated rings. The summed E-state index contributed by atoms with van der Waals surface area (Å²) in [5.41, 5.74) is 0.646. The van der Waals surface area contributed by atoms with Gasteiger partial charge in [0.05, 0.1) is 4.92 Å². The van der Waals surface area contributed by atoms with E-state index in [1.807, 2.05) is 6.92 Å². The number of benzene rings is 1. The largest absolute Gasteiger partial charge is 0.370 e. The van der Waals surface area contributed by atoms with E-state index >= 15 is 0 Å². The summed E-state index contributed by atoms with van der Waals surface area (Å²) in [6.07, 6.45) is 0.921. The van der Waals surface area contributed by atoms with E-state index in [4.69, 9.17) is 0 Å². The second-order valence-corrected chi connectivity index (χ2v) is 4.26. The number of nitrogens with one attached hydrogen (secondary N) is 1. The summed E-state index contributed by atoms with van der Waals surface area (Å²) in [5.74, 6) is 0.174. The highest BCUT2D eigenvalue weighted by Crippen LogP contribution is 2.29. The molecule has 104 valence electrons. The summed E-state index contributed by atoms with van der Waals surface area (Å²) in [7, 11) is 0. The zero-order chi connectivity index (χ0) is 14.5. The summed E-state index contributed by atoms with van der Waals surface area (Å²) in [5, 5.41) is 14.1. The monoisotopic (exact) mass is 275 g/mol. The number of hydrogen-bond donors (Lipinski definition) is 1. The Balaban J connectivity index is 2.46. The van der Waals surface area contributed by atoms with Crippen LogP contribution in [0.15, 0.2) is 36.4 Å². The van der Waals surface area contributed by atoms with Crippen LogP contribution in [0, 0.1) is 15.9 Å². The topological polar surface area (TPSA) is 68.1 Å². The van der Waals surface area contributed by atoms with E-state index in [1.54, 1.807) is 6.07 Å². The van der Waals surface area contributed by atoms with Crippen LogP contribution in [-0.4, -0.2) is 16.5 Å². The van der Waals surface area contributed by atoms with Crippen LogP contribution in [0.25, 0.3) is 11.3 Å². The lowest BCUT2D eigenvalue weighted by atomic mass is 10.1. The van der Waals surface area contributed by atoms with Crippen molar-refractivity contribution in [1.82, 2.24) is 4.98 Å². The lowest BCUT2D eigenvalue weighted by Gasteiger charge is -2.07. The van der Waals surface area contributed by atoms with Crippen LogP contribution in [0.5, 0.6) is 0 Å². The number of anilines is 1. The molecule has 0 aliphatic carbocycles. The minimum absolute atomic E-state index is 0.0985. The molecule has 1 aromatic carbocycles. The van der Waals surface area contributed by atoms with Gasteiger partial charge in [0, 0.05) is 18.2 Å². The Kier molecular flexibility index (Phi) is 4.24. The van der Waals surface area contributed by atoms with Crippen molar-refractivity contribution >= 4 is 11.5 Å². The Morgan fingerprint density at radius 2 is 1.95 bits per heavy atom. The Morgan fingerprint density at radius 1 is 1.25 bits per heavy atom. The van der Waals surface area contributed by atoms with Gasteiger partial charge in [0.2, 0.25) is 0 Å². The van der Waals surface area contributed by atoms with Crippen LogP contribution in [0.1, 0.15) is 13.3 Å². The van der Waals surface area contributed by atoms with E-state index in [1.165, 1.54) is 30.3 Å². The van der Waals surface area contributed by atoms with Gasteiger partial charge in [0.25, 0.3) is 5.69 Å². The zero-order valence-corrected chi connectivity index (χ0v) is 11.0. The molecule has 0 bridgehead atoms. The zero-order valence-electron chi connectivity index (χ0n) is 11.0.